The molecule has 0 unspecified atom stereocenters. The van der Waals surface area contributed by atoms with Crippen LogP contribution in [0, 0.1) is 13.8 Å². The van der Waals surface area contributed by atoms with Crippen molar-refractivity contribution in [2.75, 3.05) is 5.32 Å². The molecule has 0 atom stereocenters. The first-order valence-electron chi connectivity index (χ1n) is 9.13. The number of aromatic amines is 1. The minimum absolute atomic E-state index is 0.228. The average molecular weight is 380 g/mol. The normalized spacial score (nSPS) is 10.9. The van der Waals surface area contributed by atoms with Crippen LogP contribution < -0.4 is 5.32 Å². The first-order valence-corrected chi connectivity index (χ1v) is 9.13. The van der Waals surface area contributed by atoms with Gasteiger partial charge in [-0.3, -0.25) is 9.48 Å². The van der Waals surface area contributed by atoms with E-state index >= 15 is 0 Å². The number of ether oxygens (including phenoxy) is 1. The summed E-state index contributed by atoms with van der Waals surface area (Å²) in [5.41, 5.74) is 3.61. The molecule has 7 nitrogen and oxygen atoms in total. The predicted molar refractivity (Wildman–Crippen MR) is 107 cm³/mol. The van der Waals surface area contributed by atoms with Crippen LogP contribution in [0.4, 0.5) is 5.69 Å². The van der Waals surface area contributed by atoms with Gasteiger partial charge in [-0.05, 0) is 38.8 Å². The summed E-state index contributed by atoms with van der Waals surface area (Å²) >= 11 is 0. The molecule has 0 saturated carbocycles. The topological polar surface area (TPSA) is 89.0 Å². The Balaban J connectivity index is 1.73. The molecular formula is C21H24N4O3. The summed E-state index contributed by atoms with van der Waals surface area (Å²) in [6.45, 7) is 7.67. The molecule has 0 aliphatic carbocycles. The molecule has 0 fully saturated rings. The molecule has 2 heterocycles. The molecule has 7 heteroatoms. The number of hydrogen-bond donors (Lipinski definition) is 2. The second-order valence-corrected chi connectivity index (χ2v) is 6.95. The molecule has 1 aromatic carbocycles. The van der Waals surface area contributed by atoms with Crippen molar-refractivity contribution >= 4 is 17.6 Å². The molecule has 28 heavy (non-hydrogen) atoms. The highest BCUT2D eigenvalue weighted by Gasteiger charge is 2.23. The molecule has 3 rings (SSSR count). The highest BCUT2D eigenvalue weighted by Crippen LogP contribution is 2.21. The first kappa shape index (κ1) is 19.4. The smallest absolute Gasteiger partial charge is 0.340 e. The summed E-state index contributed by atoms with van der Waals surface area (Å²) in [5.74, 6) is -0.764. The zero-order chi connectivity index (χ0) is 20.3. The van der Waals surface area contributed by atoms with Crippen LogP contribution in [0.5, 0.6) is 0 Å². The Morgan fingerprint density at radius 2 is 1.93 bits per heavy atom. The standard InChI is InChI=1S/C21H24N4O3/c1-13(2)28-21(27)18-14(3)19(23-15(18)4)20(26)24-17-10-22-25(12-17)11-16-8-6-5-7-9-16/h5-10,12-13,23H,11H2,1-4H3,(H,24,26). The van der Waals surface area contributed by atoms with Gasteiger partial charge in [0.15, 0.2) is 0 Å². The number of rotatable bonds is 6. The molecular weight excluding hydrogens is 356 g/mol. The van der Waals surface area contributed by atoms with Crippen LogP contribution in [0.3, 0.4) is 0 Å². The van der Waals surface area contributed by atoms with Crippen molar-refractivity contribution in [1.82, 2.24) is 14.8 Å². The third-order valence-corrected chi connectivity index (χ3v) is 4.29. The third kappa shape index (κ3) is 4.31. The van der Waals surface area contributed by atoms with E-state index in [1.807, 2.05) is 30.3 Å². The SMILES string of the molecule is Cc1[nH]c(C(=O)Nc2cnn(Cc3ccccc3)c2)c(C)c1C(=O)OC(C)C. The monoisotopic (exact) mass is 380 g/mol. The van der Waals surface area contributed by atoms with E-state index in [-0.39, 0.29) is 12.0 Å². The second-order valence-electron chi connectivity index (χ2n) is 6.95. The van der Waals surface area contributed by atoms with Crippen LogP contribution in [0.25, 0.3) is 0 Å². The minimum atomic E-state index is -0.434. The van der Waals surface area contributed by atoms with E-state index in [1.165, 1.54) is 0 Å². The van der Waals surface area contributed by atoms with Gasteiger partial charge in [0.1, 0.15) is 5.69 Å². The number of nitrogens with zero attached hydrogens (tertiary/aromatic N) is 2. The number of amides is 1. The summed E-state index contributed by atoms with van der Waals surface area (Å²) in [4.78, 5) is 28.0. The lowest BCUT2D eigenvalue weighted by Gasteiger charge is -2.08. The Labute approximate surface area is 163 Å². The molecule has 0 aliphatic heterocycles. The van der Waals surface area contributed by atoms with Gasteiger partial charge in [-0.2, -0.15) is 5.10 Å². The Hall–Kier alpha value is -3.35. The van der Waals surface area contributed by atoms with Gasteiger partial charge in [-0.1, -0.05) is 30.3 Å². The van der Waals surface area contributed by atoms with Crippen molar-refractivity contribution in [2.45, 2.75) is 40.3 Å². The molecule has 146 valence electrons. The van der Waals surface area contributed by atoms with Gasteiger partial charge in [-0.15, -0.1) is 0 Å². The highest BCUT2D eigenvalue weighted by molar-refractivity contribution is 6.06. The Morgan fingerprint density at radius 3 is 2.61 bits per heavy atom. The quantitative estimate of drug-likeness (QED) is 0.638. The van der Waals surface area contributed by atoms with Crippen LogP contribution >= 0.6 is 0 Å². The van der Waals surface area contributed by atoms with E-state index in [9.17, 15) is 9.59 Å². The van der Waals surface area contributed by atoms with Gasteiger partial charge < -0.3 is 15.0 Å². The fourth-order valence-corrected chi connectivity index (χ4v) is 3.03. The van der Waals surface area contributed by atoms with Gasteiger partial charge >= 0.3 is 5.97 Å². The number of esters is 1. The van der Waals surface area contributed by atoms with Gasteiger partial charge in [0.2, 0.25) is 0 Å². The van der Waals surface area contributed by atoms with Crippen LogP contribution in [0.2, 0.25) is 0 Å². The van der Waals surface area contributed by atoms with Crippen molar-refractivity contribution < 1.29 is 14.3 Å². The van der Waals surface area contributed by atoms with Crippen molar-refractivity contribution in [2.24, 2.45) is 0 Å². The molecule has 0 bridgehead atoms. The molecule has 2 aromatic heterocycles. The summed E-state index contributed by atoms with van der Waals surface area (Å²) in [6.07, 6.45) is 3.14. The summed E-state index contributed by atoms with van der Waals surface area (Å²) in [6, 6.07) is 9.94. The number of carbonyl (C=O) groups is 2. The minimum Gasteiger partial charge on any atom is -0.459 e. The van der Waals surface area contributed by atoms with E-state index in [2.05, 4.69) is 15.4 Å². The lowest BCUT2D eigenvalue weighted by molar-refractivity contribution is 0.0376. The van der Waals surface area contributed by atoms with Crippen LogP contribution in [-0.4, -0.2) is 32.7 Å². The van der Waals surface area contributed by atoms with Gasteiger partial charge in [0.25, 0.3) is 5.91 Å². The molecule has 3 aromatic rings. The Kier molecular flexibility index (Phi) is 5.63. The first-order chi connectivity index (χ1) is 13.3. The van der Waals surface area contributed by atoms with Crippen LogP contribution in [-0.2, 0) is 11.3 Å². The summed E-state index contributed by atoms with van der Waals surface area (Å²) < 4.78 is 7.02. The van der Waals surface area contributed by atoms with Crippen molar-refractivity contribution in [3.63, 3.8) is 0 Å². The van der Waals surface area contributed by atoms with Crippen LogP contribution in [0.15, 0.2) is 42.7 Å². The van der Waals surface area contributed by atoms with Crippen molar-refractivity contribution in [1.29, 1.82) is 0 Å². The van der Waals surface area contributed by atoms with Gasteiger partial charge in [0.05, 0.1) is 30.1 Å². The van der Waals surface area contributed by atoms with Crippen molar-refractivity contribution in [3.8, 4) is 0 Å². The fourth-order valence-electron chi connectivity index (χ4n) is 3.03. The highest BCUT2D eigenvalue weighted by atomic mass is 16.5. The van der Waals surface area contributed by atoms with Crippen LogP contribution in [0.1, 0.15) is 51.5 Å². The maximum absolute atomic E-state index is 12.7. The molecule has 0 aliphatic rings. The van der Waals surface area contributed by atoms with E-state index in [1.54, 1.807) is 44.8 Å². The molecule has 0 saturated heterocycles. The molecule has 1 amide bonds. The number of H-pyrrole nitrogens is 1. The Morgan fingerprint density at radius 1 is 1.21 bits per heavy atom. The maximum Gasteiger partial charge on any atom is 0.340 e. The average Bonchev–Trinajstić information content (AvgIpc) is 3.18. The largest absolute Gasteiger partial charge is 0.459 e. The number of anilines is 1. The lowest BCUT2D eigenvalue weighted by Crippen LogP contribution is -2.15. The number of aryl methyl sites for hydroxylation is 1. The summed E-state index contributed by atoms with van der Waals surface area (Å²) in [7, 11) is 0. The number of aromatic nitrogens is 3. The predicted octanol–water partition coefficient (Wildman–Crippen LogP) is 3.69. The van der Waals surface area contributed by atoms with E-state index in [0.717, 1.165) is 5.56 Å². The lowest BCUT2D eigenvalue weighted by atomic mass is 10.1. The van der Waals surface area contributed by atoms with Crippen molar-refractivity contribution in [3.05, 3.63) is 70.8 Å². The maximum atomic E-state index is 12.7. The number of nitrogens with one attached hydrogen (secondary N) is 2. The van der Waals surface area contributed by atoms with Gasteiger partial charge in [0, 0.05) is 11.9 Å². The Bertz CT molecular complexity index is 987. The summed E-state index contributed by atoms with van der Waals surface area (Å²) in [5, 5.41) is 7.10. The number of hydrogen-bond acceptors (Lipinski definition) is 4. The second kappa shape index (κ2) is 8.12. The number of benzene rings is 1. The molecule has 0 radical (unpaired) electrons. The zero-order valence-electron chi connectivity index (χ0n) is 16.4. The fraction of sp³-hybridized carbons (Fsp3) is 0.286. The van der Waals surface area contributed by atoms with Gasteiger partial charge in [-0.25, -0.2) is 4.79 Å². The third-order valence-electron chi connectivity index (χ3n) is 4.29. The molecule has 0 spiro atoms. The van der Waals surface area contributed by atoms with E-state index in [4.69, 9.17) is 4.74 Å². The van der Waals surface area contributed by atoms with E-state index < -0.39 is 5.97 Å². The van der Waals surface area contributed by atoms with E-state index in [0.29, 0.717) is 34.7 Å². The zero-order valence-corrected chi connectivity index (χ0v) is 16.4. The molecule has 2 N–H and O–H groups in total. The number of carbonyl (C=O) groups excluding carboxylic acids is 2.